The molecule has 0 aromatic carbocycles. The number of aryl methyl sites for hydroxylation is 2. The van der Waals surface area contributed by atoms with Gasteiger partial charge in [0, 0.05) is 18.3 Å². The summed E-state index contributed by atoms with van der Waals surface area (Å²) in [6, 6.07) is 3.93. The topological polar surface area (TPSA) is 57.9 Å². The van der Waals surface area contributed by atoms with Crippen molar-refractivity contribution in [3.63, 3.8) is 0 Å². The summed E-state index contributed by atoms with van der Waals surface area (Å²) in [7, 11) is 1.87. The number of rotatable bonds is 4. The number of nitriles is 1. The van der Waals surface area contributed by atoms with Gasteiger partial charge in [-0.2, -0.15) is 5.26 Å². The molecule has 4 heteroatoms. The SMILES string of the molecule is CNCC(C)Oc1cc(C)nc(C)c1C#N. The van der Waals surface area contributed by atoms with Crippen LogP contribution in [0.1, 0.15) is 23.9 Å². The number of pyridine rings is 1. The van der Waals surface area contributed by atoms with E-state index in [2.05, 4.69) is 16.4 Å². The van der Waals surface area contributed by atoms with Gasteiger partial charge in [-0.3, -0.25) is 4.98 Å². The summed E-state index contributed by atoms with van der Waals surface area (Å²) in [5, 5.41) is 12.1. The first kappa shape index (κ1) is 12.5. The Bertz CT molecular complexity index is 409. The first-order valence-electron chi connectivity index (χ1n) is 5.28. The van der Waals surface area contributed by atoms with Gasteiger partial charge < -0.3 is 10.1 Å². The van der Waals surface area contributed by atoms with E-state index < -0.39 is 0 Å². The molecule has 0 radical (unpaired) electrons. The smallest absolute Gasteiger partial charge is 0.141 e. The largest absolute Gasteiger partial charge is 0.488 e. The van der Waals surface area contributed by atoms with Crippen LogP contribution in [0.15, 0.2) is 6.07 Å². The second kappa shape index (κ2) is 5.47. The van der Waals surface area contributed by atoms with E-state index in [-0.39, 0.29) is 6.10 Å². The number of nitrogens with one attached hydrogen (secondary N) is 1. The van der Waals surface area contributed by atoms with Crippen LogP contribution in [0.25, 0.3) is 0 Å². The van der Waals surface area contributed by atoms with Crippen molar-refractivity contribution in [2.45, 2.75) is 26.9 Å². The average Bonchev–Trinajstić information content (AvgIpc) is 2.17. The van der Waals surface area contributed by atoms with Gasteiger partial charge in [-0.25, -0.2) is 0 Å². The molecule has 0 bridgehead atoms. The molecule has 16 heavy (non-hydrogen) atoms. The lowest BCUT2D eigenvalue weighted by atomic mass is 10.2. The van der Waals surface area contributed by atoms with Crippen LogP contribution in [0.3, 0.4) is 0 Å². The van der Waals surface area contributed by atoms with E-state index in [9.17, 15) is 0 Å². The molecular weight excluding hydrogens is 202 g/mol. The van der Waals surface area contributed by atoms with Crippen molar-refractivity contribution in [1.29, 1.82) is 5.26 Å². The molecule has 0 aliphatic heterocycles. The molecule has 1 aromatic rings. The molecule has 0 aliphatic rings. The van der Waals surface area contributed by atoms with E-state index in [1.165, 1.54) is 0 Å². The highest BCUT2D eigenvalue weighted by atomic mass is 16.5. The predicted octanol–water partition coefficient (Wildman–Crippen LogP) is 1.56. The highest BCUT2D eigenvalue weighted by Crippen LogP contribution is 2.22. The highest BCUT2D eigenvalue weighted by molar-refractivity contribution is 5.46. The minimum Gasteiger partial charge on any atom is -0.488 e. The zero-order chi connectivity index (χ0) is 12.1. The Hall–Kier alpha value is -1.60. The average molecular weight is 219 g/mol. The summed E-state index contributed by atoms with van der Waals surface area (Å²) in [6.07, 6.45) is 0.0262. The quantitative estimate of drug-likeness (QED) is 0.834. The molecule has 0 amide bonds. The lowest BCUT2D eigenvalue weighted by Gasteiger charge is -2.16. The van der Waals surface area contributed by atoms with Crippen LogP contribution in [0, 0.1) is 25.2 Å². The van der Waals surface area contributed by atoms with E-state index in [0.717, 1.165) is 12.2 Å². The zero-order valence-corrected chi connectivity index (χ0v) is 10.2. The highest BCUT2D eigenvalue weighted by Gasteiger charge is 2.11. The zero-order valence-electron chi connectivity index (χ0n) is 10.2. The van der Waals surface area contributed by atoms with Crippen molar-refractivity contribution < 1.29 is 4.74 Å². The van der Waals surface area contributed by atoms with Crippen LogP contribution in [0.4, 0.5) is 0 Å². The first-order chi connectivity index (χ1) is 7.58. The monoisotopic (exact) mass is 219 g/mol. The molecule has 1 rings (SSSR count). The van der Waals surface area contributed by atoms with Gasteiger partial charge in [-0.15, -0.1) is 0 Å². The minimum absolute atomic E-state index is 0.0262. The maximum Gasteiger partial charge on any atom is 0.141 e. The van der Waals surface area contributed by atoms with Gasteiger partial charge in [0.1, 0.15) is 23.5 Å². The van der Waals surface area contributed by atoms with Gasteiger partial charge in [0.05, 0.1) is 5.69 Å². The summed E-state index contributed by atoms with van der Waals surface area (Å²) in [6.45, 7) is 6.42. The molecule has 0 spiro atoms. The third kappa shape index (κ3) is 2.94. The second-order valence-electron chi connectivity index (χ2n) is 3.82. The number of ether oxygens (including phenoxy) is 1. The van der Waals surface area contributed by atoms with Crippen molar-refractivity contribution in [1.82, 2.24) is 10.3 Å². The minimum atomic E-state index is 0.0262. The van der Waals surface area contributed by atoms with Crippen molar-refractivity contribution in [2.24, 2.45) is 0 Å². The van der Waals surface area contributed by atoms with Gasteiger partial charge in [0.25, 0.3) is 0 Å². The first-order valence-corrected chi connectivity index (χ1v) is 5.28. The molecule has 1 atom stereocenters. The summed E-state index contributed by atoms with van der Waals surface area (Å²) < 4.78 is 5.71. The van der Waals surface area contributed by atoms with Crippen LogP contribution in [-0.4, -0.2) is 24.7 Å². The molecule has 1 N–H and O–H groups in total. The Morgan fingerprint density at radius 3 is 2.81 bits per heavy atom. The van der Waals surface area contributed by atoms with Crippen LogP contribution in [-0.2, 0) is 0 Å². The Labute approximate surface area is 96.3 Å². The number of nitrogens with zero attached hydrogens (tertiary/aromatic N) is 2. The Kier molecular flexibility index (Phi) is 4.27. The van der Waals surface area contributed by atoms with Crippen LogP contribution < -0.4 is 10.1 Å². The fraction of sp³-hybridized carbons (Fsp3) is 0.500. The molecule has 1 aromatic heterocycles. The van der Waals surface area contributed by atoms with E-state index in [1.807, 2.05) is 27.8 Å². The molecule has 0 aliphatic carbocycles. The van der Waals surface area contributed by atoms with Crippen LogP contribution in [0.2, 0.25) is 0 Å². The molecular formula is C12H17N3O. The van der Waals surface area contributed by atoms with Gasteiger partial charge >= 0.3 is 0 Å². The predicted molar refractivity (Wildman–Crippen MR) is 62.4 cm³/mol. The number of hydrogen-bond acceptors (Lipinski definition) is 4. The van der Waals surface area contributed by atoms with Crippen molar-refractivity contribution in [3.05, 3.63) is 23.0 Å². The van der Waals surface area contributed by atoms with Gasteiger partial charge in [-0.1, -0.05) is 0 Å². The number of hydrogen-bond donors (Lipinski definition) is 1. The summed E-state index contributed by atoms with van der Waals surface area (Å²) >= 11 is 0. The number of aromatic nitrogens is 1. The Morgan fingerprint density at radius 1 is 1.56 bits per heavy atom. The fourth-order valence-corrected chi connectivity index (χ4v) is 1.57. The molecule has 0 saturated heterocycles. The van der Waals surface area contributed by atoms with Crippen molar-refractivity contribution >= 4 is 0 Å². The molecule has 86 valence electrons. The van der Waals surface area contributed by atoms with Gasteiger partial charge in [0.2, 0.25) is 0 Å². The summed E-state index contributed by atoms with van der Waals surface area (Å²) in [5.74, 6) is 0.621. The van der Waals surface area contributed by atoms with E-state index in [4.69, 9.17) is 10.00 Å². The van der Waals surface area contributed by atoms with Gasteiger partial charge in [-0.05, 0) is 27.8 Å². The van der Waals surface area contributed by atoms with Crippen LogP contribution in [0.5, 0.6) is 5.75 Å². The van der Waals surface area contributed by atoms with E-state index in [1.54, 1.807) is 6.07 Å². The van der Waals surface area contributed by atoms with E-state index in [0.29, 0.717) is 17.0 Å². The summed E-state index contributed by atoms with van der Waals surface area (Å²) in [5.41, 5.74) is 2.10. The van der Waals surface area contributed by atoms with Gasteiger partial charge in [0.15, 0.2) is 0 Å². The van der Waals surface area contributed by atoms with E-state index >= 15 is 0 Å². The fourth-order valence-electron chi connectivity index (χ4n) is 1.57. The second-order valence-corrected chi connectivity index (χ2v) is 3.82. The summed E-state index contributed by atoms with van der Waals surface area (Å²) in [4.78, 5) is 4.24. The normalized spacial score (nSPS) is 11.9. The lowest BCUT2D eigenvalue weighted by molar-refractivity contribution is 0.219. The molecule has 0 fully saturated rings. The van der Waals surface area contributed by atoms with Crippen LogP contribution >= 0.6 is 0 Å². The number of likely N-dealkylation sites (N-methyl/N-ethyl adjacent to an activating group) is 1. The standard InChI is InChI=1S/C12H17N3O/c1-8-5-12(16-9(2)7-14-4)11(6-13)10(3)15-8/h5,9,14H,7H2,1-4H3. The molecule has 1 heterocycles. The molecule has 1 unspecified atom stereocenters. The maximum atomic E-state index is 9.05. The third-order valence-corrected chi connectivity index (χ3v) is 2.22. The van der Waals surface area contributed by atoms with Crippen molar-refractivity contribution in [3.8, 4) is 11.8 Å². The third-order valence-electron chi connectivity index (χ3n) is 2.22. The Morgan fingerprint density at radius 2 is 2.25 bits per heavy atom. The van der Waals surface area contributed by atoms with Crippen molar-refractivity contribution in [2.75, 3.05) is 13.6 Å². The molecule has 4 nitrogen and oxygen atoms in total. The Balaban J connectivity index is 2.99. The molecule has 0 saturated carbocycles. The maximum absolute atomic E-state index is 9.05. The lowest BCUT2D eigenvalue weighted by Crippen LogP contribution is -2.26.